The molecule has 0 unspecified atom stereocenters. The first kappa shape index (κ1) is 16.5. The minimum atomic E-state index is -0.509. The standard InChI is InChI=1S/C19H19NO3/c1-3-13-20(17-7-5-4-6-8-17)18(21)14-23-19(22)16-11-9-15(2)10-12-16/h3-12H,1,13-14H2,2H3. The molecule has 0 aromatic heterocycles. The number of esters is 1. The van der Waals surface area contributed by atoms with E-state index in [9.17, 15) is 9.59 Å². The van der Waals surface area contributed by atoms with Gasteiger partial charge in [0.15, 0.2) is 6.61 Å². The molecular formula is C19H19NO3. The zero-order valence-corrected chi connectivity index (χ0v) is 13.1. The van der Waals surface area contributed by atoms with Gasteiger partial charge in [-0.25, -0.2) is 4.79 Å². The molecule has 0 saturated heterocycles. The zero-order valence-electron chi connectivity index (χ0n) is 13.1. The van der Waals surface area contributed by atoms with Crippen LogP contribution >= 0.6 is 0 Å². The van der Waals surface area contributed by atoms with Gasteiger partial charge in [0.1, 0.15) is 0 Å². The molecule has 23 heavy (non-hydrogen) atoms. The number of nitrogens with zero attached hydrogens (tertiary/aromatic N) is 1. The minimum Gasteiger partial charge on any atom is -0.452 e. The summed E-state index contributed by atoms with van der Waals surface area (Å²) in [4.78, 5) is 25.8. The maximum Gasteiger partial charge on any atom is 0.338 e. The monoisotopic (exact) mass is 309 g/mol. The number of hydrogen-bond acceptors (Lipinski definition) is 3. The normalized spacial score (nSPS) is 9.96. The Balaban J connectivity index is 2.00. The van der Waals surface area contributed by atoms with E-state index in [2.05, 4.69) is 6.58 Å². The summed E-state index contributed by atoms with van der Waals surface area (Å²) in [5.74, 6) is -0.804. The summed E-state index contributed by atoms with van der Waals surface area (Å²) >= 11 is 0. The lowest BCUT2D eigenvalue weighted by Crippen LogP contribution is -2.34. The summed E-state index contributed by atoms with van der Waals surface area (Å²) in [6.45, 7) is 5.64. The van der Waals surface area contributed by atoms with Crippen molar-refractivity contribution in [3.8, 4) is 0 Å². The Hall–Kier alpha value is -2.88. The Bertz CT molecular complexity index is 678. The van der Waals surface area contributed by atoms with E-state index in [1.807, 2.05) is 49.4 Å². The van der Waals surface area contributed by atoms with Gasteiger partial charge in [0.25, 0.3) is 5.91 Å². The first-order valence-corrected chi connectivity index (χ1v) is 7.32. The van der Waals surface area contributed by atoms with Crippen molar-refractivity contribution >= 4 is 17.6 Å². The van der Waals surface area contributed by atoms with Gasteiger partial charge >= 0.3 is 5.97 Å². The zero-order chi connectivity index (χ0) is 16.7. The molecular weight excluding hydrogens is 290 g/mol. The SMILES string of the molecule is C=CCN(C(=O)COC(=O)c1ccc(C)cc1)c1ccccc1. The number of anilines is 1. The van der Waals surface area contributed by atoms with Crippen molar-refractivity contribution in [1.29, 1.82) is 0 Å². The molecule has 0 bridgehead atoms. The number of hydrogen-bond donors (Lipinski definition) is 0. The summed E-state index contributed by atoms with van der Waals surface area (Å²) in [5.41, 5.74) is 2.22. The van der Waals surface area contributed by atoms with Gasteiger partial charge in [0, 0.05) is 12.2 Å². The number of rotatable bonds is 6. The van der Waals surface area contributed by atoms with Crippen LogP contribution < -0.4 is 4.90 Å². The molecule has 4 nitrogen and oxygen atoms in total. The molecule has 0 N–H and O–H groups in total. The number of para-hydroxylation sites is 1. The summed E-state index contributed by atoms with van der Waals surface area (Å²) in [6.07, 6.45) is 1.63. The van der Waals surface area contributed by atoms with Crippen LogP contribution in [0.4, 0.5) is 5.69 Å². The number of ether oxygens (including phenoxy) is 1. The van der Waals surface area contributed by atoms with Crippen molar-refractivity contribution in [2.75, 3.05) is 18.1 Å². The van der Waals surface area contributed by atoms with Crippen LogP contribution in [-0.4, -0.2) is 25.0 Å². The first-order valence-electron chi connectivity index (χ1n) is 7.32. The molecule has 0 radical (unpaired) electrons. The molecule has 2 aromatic rings. The van der Waals surface area contributed by atoms with Crippen molar-refractivity contribution < 1.29 is 14.3 Å². The lowest BCUT2D eigenvalue weighted by Gasteiger charge is -2.21. The molecule has 0 aliphatic carbocycles. The van der Waals surface area contributed by atoms with Crippen LogP contribution in [0.2, 0.25) is 0 Å². The van der Waals surface area contributed by atoms with Crippen LogP contribution in [0.15, 0.2) is 67.3 Å². The fourth-order valence-corrected chi connectivity index (χ4v) is 2.07. The average Bonchev–Trinajstić information content (AvgIpc) is 2.58. The quantitative estimate of drug-likeness (QED) is 0.607. The third-order valence-electron chi connectivity index (χ3n) is 3.29. The second-order valence-corrected chi connectivity index (χ2v) is 5.07. The van der Waals surface area contributed by atoms with E-state index in [0.29, 0.717) is 12.1 Å². The summed E-state index contributed by atoms with van der Waals surface area (Å²) in [5, 5.41) is 0. The Labute approximate surface area is 136 Å². The maximum absolute atomic E-state index is 12.3. The van der Waals surface area contributed by atoms with Gasteiger partial charge in [0.05, 0.1) is 5.56 Å². The molecule has 118 valence electrons. The van der Waals surface area contributed by atoms with E-state index >= 15 is 0 Å². The highest BCUT2D eigenvalue weighted by Gasteiger charge is 2.17. The van der Waals surface area contributed by atoms with Crippen molar-refractivity contribution in [3.05, 3.63) is 78.4 Å². The maximum atomic E-state index is 12.3. The number of amides is 1. The highest BCUT2D eigenvalue weighted by molar-refractivity contribution is 5.97. The molecule has 4 heteroatoms. The van der Waals surface area contributed by atoms with Gasteiger partial charge < -0.3 is 9.64 Å². The minimum absolute atomic E-state index is 0.295. The predicted molar refractivity (Wildman–Crippen MR) is 90.5 cm³/mol. The molecule has 0 saturated carbocycles. The number of benzene rings is 2. The second-order valence-electron chi connectivity index (χ2n) is 5.07. The van der Waals surface area contributed by atoms with Gasteiger partial charge in [-0.15, -0.1) is 6.58 Å². The highest BCUT2D eigenvalue weighted by atomic mass is 16.5. The largest absolute Gasteiger partial charge is 0.452 e. The molecule has 0 spiro atoms. The highest BCUT2D eigenvalue weighted by Crippen LogP contribution is 2.14. The molecule has 1 amide bonds. The summed E-state index contributed by atoms with van der Waals surface area (Å²) in [6, 6.07) is 16.2. The van der Waals surface area contributed by atoms with E-state index in [1.54, 1.807) is 18.2 Å². The number of carbonyl (C=O) groups is 2. The van der Waals surface area contributed by atoms with Gasteiger partial charge in [-0.3, -0.25) is 4.79 Å². The van der Waals surface area contributed by atoms with Crippen molar-refractivity contribution in [1.82, 2.24) is 0 Å². The van der Waals surface area contributed by atoms with E-state index < -0.39 is 5.97 Å². The first-order chi connectivity index (χ1) is 11.1. The third kappa shape index (κ3) is 4.54. The van der Waals surface area contributed by atoms with E-state index in [-0.39, 0.29) is 12.5 Å². The van der Waals surface area contributed by atoms with Gasteiger partial charge in [0.2, 0.25) is 0 Å². The molecule has 2 rings (SSSR count). The fraction of sp³-hybridized carbons (Fsp3) is 0.158. The van der Waals surface area contributed by atoms with Gasteiger partial charge in [-0.2, -0.15) is 0 Å². The molecule has 0 fully saturated rings. The average molecular weight is 309 g/mol. The fourth-order valence-electron chi connectivity index (χ4n) is 2.07. The van der Waals surface area contributed by atoms with Crippen LogP contribution in [0.3, 0.4) is 0 Å². The Morgan fingerprint density at radius 3 is 2.35 bits per heavy atom. The lowest BCUT2D eigenvalue weighted by atomic mass is 10.1. The predicted octanol–water partition coefficient (Wildman–Crippen LogP) is 3.37. The Morgan fingerprint density at radius 2 is 1.74 bits per heavy atom. The van der Waals surface area contributed by atoms with Crippen molar-refractivity contribution in [2.45, 2.75) is 6.92 Å². The van der Waals surface area contributed by atoms with E-state index in [4.69, 9.17) is 4.74 Å². The van der Waals surface area contributed by atoms with Crippen LogP contribution in [0.1, 0.15) is 15.9 Å². The third-order valence-corrected chi connectivity index (χ3v) is 3.29. The topological polar surface area (TPSA) is 46.6 Å². The molecule has 0 atom stereocenters. The van der Waals surface area contributed by atoms with Crippen LogP contribution in [-0.2, 0) is 9.53 Å². The van der Waals surface area contributed by atoms with Crippen LogP contribution in [0, 0.1) is 6.92 Å². The number of carbonyl (C=O) groups excluding carboxylic acids is 2. The Morgan fingerprint density at radius 1 is 1.09 bits per heavy atom. The second kappa shape index (κ2) is 7.94. The van der Waals surface area contributed by atoms with Gasteiger partial charge in [-0.05, 0) is 31.2 Å². The molecule has 0 aliphatic rings. The van der Waals surface area contributed by atoms with E-state index in [1.165, 1.54) is 4.90 Å². The van der Waals surface area contributed by atoms with Crippen LogP contribution in [0.5, 0.6) is 0 Å². The van der Waals surface area contributed by atoms with Gasteiger partial charge in [-0.1, -0.05) is 42.0 Å². The Kier molecular flexibility index (Phi) is 5.69. The summed E-state index contributed by atoms with van der Waals surface area (Å²) < 4.78 is 5.11. The summed E-state index contributed by atoms with van der Waals surface area (Å²) in [7, 11) is 0. The lowest BCUT2D eigenvalue weighted by molar-refractivity contribution is -0.121. The van der Waals surface area contributed by atoms with E-state index in [0.717, 1.165) is 11.3 Å². The molecule has 2 aromatic carbocycles. The number of aryl methyl sites for hydroxylation is 1. The smallest absolute Gasteiger partial charge is 0.338 e. The molecule has 0 heterocycles. The van der Waals surface area contributed by atoms with Crippen LogP contribution in [0.25, 0.3) is 0 Å². The van der Waals surface area contributed by atoms with Crippen molar-refractivity contribution in [3.63, 3.8) is 0 Å². The molecule has 0 aliphatic heterocycles. The van der Waals surface area contributed by atoms with Crippen molar-refractivity contribution in [2.24, 2.45) is 0 Å².